The SMILES string of the molecule is Cc1ccc(NC(=O)c2ccc(Cl)cc2[N+](=O)[O-])cn1. The van der Waals surface area contributed by atoms with E-state index in [-0.39, 0.29) is 16.3 Å². The zero-order chi connectivity index (χ0) is 14.7. The van der Waals surface area contributed by atoms with Crippen molar-refractivity contribution in [1.29, 1.82) is 0 Å². The highest BCUT2D eigenvalue weighted by molar-refractivity contribution is 6.31. The van der Waals surface area contributed by atoms with E-state index >= 15 is 0 Å². The lowest BCUT2D eigenvalue weighted by molar-refractivity contribution is -0.385. The molecule has 0 radical (unpaired) electrons. The van der Waals surface area contributed by atoms with E-state index in [2.05, 4.69) is 10.3 Å². The van der Waals surface area contributed by atoms with Crippen LogP contribution in [-0.4, -0.2) is 15.8 Å². The number of carbonyl (C=O) groups is 1. The van der Waals surface area contributed by atoms with Gasteiger partial charge in [-0.1, -0.05) is 11.6 Å². The van der Waals surface area contributed by atoms with E-state index < -0.39 is 10.8 Å². The highest BCUT2D eigenvalue weighted by Crippen LogP contribution is 2.24. The highest BCUT2D eigenvalue weighted by atomic mass is 35.5. The van der Waals surface area contributed by atoms with Crippen LogP contribution in [0, 0.1) is 17.0 Å². The van der Waals surface area contributed by atoms with Gasteiger partial charge in [-0.05, 0) is 31.2 Å². The number of hydrogen-bond acceptors (Lipinski definition) is 4. The molecule has 1 aromatic carbocycles. The normalized spacial score (nSPS) is 10.1. The molecule has 0 fully saturated rings. The van der Waals surface area contributed by atoms with Gasteiger partial charge in [0, 0.05) is 16.8 Å². The number of anilines is 1. The number of benzene rings is 1. The topological polar surface area (TPSA) is 85.1 Å². The van der Waals surface area contributed by atoms with E-state index in [1.807, 2.05) is 6.92 Å². The molecule has 1 amide bonds. The Bertz CT molecular complexity index is 671. The van der Waals surface area contributed by atoms with Crippen LogP contribution in [0.1, 0.15) is 16.1 Å². The van der Waals surface area contributed by atoms with Crippen LogP contribution in [0.2, 0.25) is 5.02 Å². The van der Waals surface area contributed by atoms with Crippen molar-refractivity contribution < 1.29 is 9.72 Å². The number of rotatable bonds is 3. The molecule has 0 atom stereocenters. The molecule has 6 nitrogen and oxygen atoms in total. The van der Waals surface area contributed by atoms with E-state index in [0.29, 0.717) is 5.69 Å². The number of halogens is 1. The van der Waals surface area contributed by atoms with Crippen LogP contribution < -0.4 is 5.32 Å². The number of pyridine rings is 1. The van der Waals surface area contributed by atoms with Gasteiger partial charge in [0.05, 0.1) is 16.8 Å². The maximum absolute atomic E-state index is 12.0. The standard InChI is InChI=1S/C13H10ClN3O3/c1-8-2-4-10(7-15-8)16-13(18)11-5-3-9(14)6-12(11)17(19)20/h2-7H,1H3,(H,16,18). The lowest BCUT2D eigenvalue weighted by Gasteiger charge is -2.06. The second-order valence-electron chi connectivity index (χ2n) is 4.06. The summed E-state index contributed by atoms with van der Waals surface area (Å²) < 4.78 is 0. The van der Waals surface area contributed by atoms with Gasteiger partial charge in [-0.25, -0.2) is 0 Å². The van der Waals surface area contributed by atoms with Crippen molar-refractivity contribution in [2.45, 2.75) is 6.92 Å². The number of nitro benzene ring substituents is 1. The fourth-order valence-electron chi connectivity index (χ4n) is 1.59. The monoisotopic (exact) mass is 291 g/mol. The van der Waals surface area contributed by atoms with Crippen LogP contribution in [-0.2, 0) is 0 Å². The van der Waals surface area contributed by atoms with Crippen molar-refractivity contribution in [3.05, 3.63) is 62.9 Å². The predicted molar refractivity (Wildman–Crippen MR) is 75.0 cm³/mol. The first-order valence-electron chi connectivity index (χ1n) is 5.65. The number of nitrogens with one attached hydrogen (secondary N) is 1. The maximum atomic E-state index is 12.0. The van der Waals surface area contributed by atoms with Crippen LogP contribution in [0.3, 0.4) is 0 Å². The second kappa shape index (κ2) is 5.66. The minimum atomic E-state index is -0.645. The van der Waals surface area contributed by atoms with Crippen molar-refractivity contribution in [3.63, 3.8) is 0 Å². The first-order valence-corrected chi connectivity index (χ1v) is 6.03. The summed E-state index contributed by atoms with van der Waals surface area (Å²) in [6.07, 6.45) is 1.48. The molecule has 0 saturated heterocycles. The van der Waals surface area contributed by atoms with Crippen molar-refractivity contribution >= 4 is 28.9 Å². The summed E-state index contributed by atoms with van der Waals surface area (Å²) in [4.78, 5) is 26.4. The average Bonchev–Trinajstić information content (AvgIpc) is 2.41. The largest absolute Gasteiger partial charge is 0.320 e. The van der Waals surface area contributed by atoms with Gasteiger partial charge in [0.1, 0.15) is 5.56 Å². The molecule has 0 aliphatic carbocycles. The molecule has 7 heteroatoms. The quantitative estimate of drug-likeness (QED) is 0.695. The minimum Gasteiger partial charge on any atom is -0.320 e. The number of amides is 1. The molecule has 1 aromatic heterocycles. The summed E-state index contributed by atoms with van der Waals surface area (Å²) in [7, 11) is 0. The zero-order valence-corrected chi connectivity index (χ0v) is 11.2. The Balaban J connectivity index is 2.29. The molecule has 0 aliphatic heterocycles. The molecule has 0 aliphatic rings. The number of nitrogens with zero attached hydrogens (tertiary/aromatic N) is 2. The van der Waals surface area contributed by atoms with Crippen LogP contribution >= 0.6 is 11.6 Å². The van der Waals surface area contributed by atoms with Crippen molar-refractivity contribution in [1.82, 2.24) is 4.98 Å². The second-order valence-corrected chi connectivity index (χ2v) is 4.50. The number of hydrogen-bond donors (Lipinski definition) is 1. The molecular formula is C13H10ClN3O3. The summed E-state index contributed by atoms with van der Waals surface area (Å²) in [5.41, 5.74) is 0.875. The summed E-state index contributed by atoms with van der Waals surface area (Å²) in [5.74, 6) is -0.584. The van der Waals surface area contributed by atoms with E-state index in [1.54, 1.807) is 12.1 Å². The van der Waals surface area contributed by atoms with Crippen molar-refractivity contribution in [2.24, 2.45) is 0 Å². The Hall–Kier alpha value is -2.47. The summed E-state index contributed by atoms with van der Waals surface area (Å²) in [6.45, 7) is 1.82. The van der Waals surface area contributed by atoms with Gasteiger partial charge >= 0.3 is 0 Å². The van der Waals surface area contributed by atoms with Crippen LogP contribution in [0.15, 0.2) is 36.5 Å². The van der Waals surface area contributed by atoms with Crippen LogP contribution in [0.25, 0.3) is 0 Å². The van der Waals surface area contributed by atoms with Crippen LogP contribution in [0.4, 0.5) is 11.4 Å². The Morgan fingerprint density at radius 2 is 2.10 bits per heavy atom. The van der Waals surface area contributed by atoms with E-state index in [0.717, 1.165) is 11.8 Å². The third kappa shape index (κ3) is 3.10. The van der Waals surface area contributed by atoms with E-state index in [1.165, 1.54) is 18.3 Å². The van der Waals surface area contributed by atoms with Crippen LogP contribution in [0.5, 0.6) is 0 Å². The summed E-state index contributed by atoms with van der Waals surface area (Å²) >= 11 is 5.70. The third-order valence-electron chi connectivity index (χ3n) is 2.57. The minimum absolute atomic E-state index is 0.0556. The predicted octanol–water partition coefficient (Wildman–Crippen LogP) is 3.20. The molecule has 0 bridgehead atoms. The van der Waals surface area contributed by atoms with E-state index in [4.69, 9.17) is 11.6 Å². The number of carbonyl (C=O) groups excluding carboxylic acids is 1. The van der Waals surface area contributed by atoms with Gasteiger partial charge in [0.15, 0.2) is 0 Å². The molecule has 102 valence electrons. The molecule has 0 spiro atoms. The fourth-order valence-corrected chi connectivity index (χ4v) is 1.75. The smallest absolute Gasteiger partial charge is 0.283 e. The maximum Gasteiger partial charge on any atom is 0.283 e. The fraction of sp³-hybridized carbons (Fsp3) is 0.0769. The lowest BCUT2D eigenvalue weighted by Crippen LogP contribution is -2.14. The van der Waals surface area contributed by atoms with Crippen molar-refractivity contribution in [2.75, 3.05) is 5.32 Å². The lowest BCUT2D eigenvalue weighted by atomic mass is 10.1. The van der Waals surface area contributed by atoms with Gasteiger partial charge in [-0.3, -0.25) is 19.9 Å². The van der Waals surface area contributed by atoms with Gasteiger partial charge in [0.25, 0.3) is 11.6 Å². The first-order chi connectivity index (χ1) is 9.47. The van der Waals surface area contributed by atoms with Gasteiger partial charge < -0.3 is 5.32 Å². The Morgan fingerprint density at radius 3 is 2.70 bits per heavy atom. The Kier molecular flexibility index (Phi) is 3.95. The molecule has 2 rings (SSSR count). The first kappa shape index (κ1) is 14.0. The number of nitro groups is 1. The number of aryl methyl sites for hydroxylation is 1. The van der Waals surface area contributed by atoms with E-state index in [9.17, 15) is 14.9 Å². The number of aromatic nitrogens is 1. The molecule has 1 heterocycles. The molecule has 0 saturated carbocycles. The molecule has 0 unspecified atom stereocenters. The highest BCUT2D eigenvalue weighted by Gasteiger charge is 2.20. The molecule has 20 heavy (non-hydrogen) atoms. The van der Waals surface area contributed by atoms with Gasteiger partial charge in [-0.15, -0.1) is 0 Å². The summed E-state index contributed by atoms with van der Waals surface area (Å²) in [6, 6.07) is 7.28. The Morgan fingerprint density at radius 1 is 1.35 bits per heavy atom. The average molecular weight is 292 g/mol. The molecular weight excluding hydrogens is 282 g/mol. The van der Waals surface area contributed by atoms with Gasteiger partial charge in [0.2, 0.25) is 0 Å². The third-order valence-corrected chi connectivity index (χ3v) is 2.81. The van der Waals surface area contributed by atoms with Crippen molar-refractivity contribution in [3.8, 4) is 0 Å². The molecule has 2 aromatic rings. The Labute approximate surface area is 119 Å². The summed E-state index contributed by atoms with van der Waals surface area (Å²) in [5, 5.41) is 13.7. The van der Waals surface area contributed by atoms with Gasteiger partial charge in [-0.2, -0.15) is 0 Å². The zero-order valence-electron chi connectivity index (χ0n) is 10.5. The molecule has 1 N–H and O–H groups in total.